The summed E-state index contributed by atoms with van der Waals surface area (Å²) in [4.78, 5) is 35.8. The van der Waals surface area contributed by atoms with Crippen LogP contribution in [0.2, 0.25) is 5.02 Å². The van der Waals surface area contributed by atoms with E-state index in [1.807, 2.05) is 35.2 Å². The van der Waals surface area contributed by atoms with E-state index >= 15 is 0 Å². The van der Waals surface area contributed by atoms with Crippen LogP contribution in [0.1, 0.15) is 35.6 Å². The van der Waals surface area contributed by atoms with Gasteiger partial charge in [-0.2, -0.15) is 10.1 Å². The molecule has 10 heteroatoms. The Labute approximate surface area is 181 Å². The molecule has 0 saturated carbocycles. The van der Waals surface area contributed by atoms with Crippen molar-refractivity contribution >= 4 is 34.7 Å². The van der Waals surface area contributed by atoms with Crippen LogP contribution in [0.25, 0.3) is 11.2 Å². The highest BCUT2D eigenvalue weighted by molar-refractivity contribution is 6.33. The number of fused-ring (bicyclic) bond motifs is 1. The number of nitrogen functional groups attached to an aromatic ring is 1. The van der Waals surface area contributed by atoms with Crippen LogP contribution in [0.15, 0.2) is 53.6 Å². The summed E-state index contributed by atoms with van der Waals surface area (Å²) in [5.74, 6) is 0.873. The van der Waals surface area contributed by atoms with E-state index in [2.05, 4.69) is 9.97 Å². The van der Waals surface area contributed by atoms with Crippen LogP contribution in [-0.4, -0.2) is 36.5 Å². The first-order chi connectivity index (χ1) is 15.0. The molecule has 0 bridgehead atoms. The number of nitrogens with two attached hydrogens (primary N) is 1. The number of hydrogen-bond acceptors (Lipinski definition) is 7. The molecule has 31 heavy (non-hydrogen) atoms. The van der Waals surface area contributed by atoms with Crippen LogP contribution >= 0.6 is 11.6 Å². The van der Waals surface area contributed by atoms with Gasteiger partial charge >= 0.3 is 0 Å². The van der Waals surface area contributed by atoms with Crippen LogP contribution in [-0.2, 0) is 0 Å². The Morgan fingerprint density at radius 1 is 1.23 bits per heavy atom. The molecule has 4 aromatic rings. The highest BCUT2D eigenvalue weighted by atomic mass is 35.5. The normalized spacial score (nSPS) is 15.8. The number of ketones is 1. The van der Waals surface area contributed by atoms with Crippen LogP contribution < -0.4 is 16.2 Å². The molecule has 0 aliphatic carbocycles. The van der Waals surface area contributed by atoms with Crippen molar-refractivity contribution in [2.24, 2.45) is 0 Å². The Kier molecular flexibility index (Phi) is 4.48. The number of Topliss-reactive ketones (excluding diaryl/α,β-unsaturated/α-hetero) is 1. The first-order valence-electron chi connectivity index (χ1n) is 9.71. The van der Waals surface area contributed by atoms with Crippen molar-refractivity contribution in [1.82, 2.24) is 24.1 Å². The van der Waals surface area contributed by atoms with Crippen molar-refractivity contribution in [3.8, 4) is 5.69 Å². The standard InChI is InChI=1S/C21H18ClN7O2/c1-12(30)14-11-24-21(23)25-18(14)27-9-8-16(27)19-26-28-10-7-15(22)17(28)20(31)29(19)13-5-3-2-4-6-13/h2-7,10-11,16H,8-9H2,1H3,(H2,23,24,25)/t16-/m0/s1. The van der Waals surface area contributed by atoms with E-state index in [9.17, 15) is 9.59 Å². The Hall–Kier alpha value is -3.72. The minimum Gasteiger partial charge on any atom is -0.368 e. The summed E-state index contributed by atoms with van der Waals surface area (Å²) in [6, 6.07) is 10.6. The van der Waals surface area contributed by atoms with Gasteiger partial charge in [-0.25, -0.2) is 9.50 Å². The number of nitrogens with zero attached hydrogens (tertiary/aromatic N) is 6. The lowest BCUT2D eigenvalue weighted by Crippen LogP contribution is -2.46. The number of hydrogen-bond donors (Lipinski definition) is 1. The Morgan fingerprint density at radius 2 is 2.00 bits per heavy atom. The second-order valence-corrected chi connectivity index (χ2v) is 7.72. The molecule has 0 radical (unpaired) electrons. The lowest BCUT2D eigenvalue weighted by atomic mass is 10.00. The molecule has 1 aliphatic rings. The topological polar surface area (TPSA) is 111 Å². The first kappa shape index (κ1) is 19.3. The van der Waals surface area contributed by atoms with Gasteiger partial charge in [-0.1, -0.05) is 29.8 Å². The van der Waals surface area contributed by atoms with E-state index in [1.165, 1.54) is 17.6 Å². The molecular formula is C21H18ClN7O2. The number of para-hydroxylation sites is 1. The van der Waals surface area contributed by atoms with Crippen molar-refractivity contribution in [3.05, 3.63) is 75.6 Å². The Balaban J connectivity index is 1.72. The summed E-state index contributed by atoms with van der Waals surface area (Å²) >= 11 is 6.26. The third-order valence-corrected chi connectivity index (χ3v) is 5.74. The van der Waals surface area contributed by atoms with Gasteiger partial charge in [0.05, 0.1) is 22.3 Å². The average molecular weight is 436 g/mol. The molecule has 2 N–H and O–H groups in total. The summed E-state index contributed by atoms with van der Waals surface area (Å²) < 4.78 is 3.06. The number of halogens is 1. The number of rotatable bonds is 4. The summed E-state index contributed by atoms with van der Waals surface area (Å²) in [6.07, 6.45) is 3.81. The van der Waals surface area contributed by atoms with Crippen molar-refractivity contribution in [3.63, 3.8) is 0 Å². The number of benzene rings is 1. The highest BCUT2D eigenvalue weighted by Gasteiger charge is 2.37. The van der Waals surface area contributed by atoms with Crippen LogP contribution in [0.3, 0.4) is 0 Å². The summed E-state index contributed by atoms with van der Waals surface area (Å²) in [6.45, 7) is 2.09. The maximum Gasteiger partial charge on any atom is 0.284 e. The van der Waals surface area contributed by atoms with E-state index in [0.717, 1.165) is 6.42 Å². The fourth-order valence-electron chi connectivity index (χ4n) is 3.85. The van der Waals surface area contributed by atoms with Gasteiger partial charge in [-0.3, -0.25) is 14.2 Å². The van der Waals surface area contributed by atoms with Gasteiger partial charge < -0.3 is 10.6 Å². The van der Waals surface area contributed by atoms with Gasteiger partial charge in [0, 0.05) is 18.9 Å². The molecule has 1 atom stereocenters. The molecule has 1 aromatic carbocycles. The molecular weight excluding hydrogens is 418 g/mol. The molecule has 1 fully saturated rings. The maximum atomic E-state index is 13.4. The fourth-order valence-corrected chi connectivity index (χ4v) is 4.08. The lowest BCUT2D eigenvalue weighted by Gasteiger charge is -2.42. The van der Waals surface area contributed by atoms with E-state index < -0.39 is 0 Å². The molecule has 4 heterocycles. The van der Waals surface area contributed by atoms with E-state index in [0.29, 0.717) is 40.0 Å². The number of carbonyl (C=O) groups excluding carboxylic acids is 1. The zero-order valence-electron chi connectivity index (χ0n) is 16.6. The van der Waals surface area contributed by atoms with Gasteiger partial charge in [-0.05, 0) is 31.5 Å². The summed E-state index contributed by atoms with van der Waals surface area (Å²) in [5.41, 5.74) is 6.88. The molecule has 0 spiro atoms. The summed E-state index contributed by atoms with van der Waals surface area (Å²) in [5, 5.41) is 5.06. The lowest BCUT2D eigenvalue weighted by molar-refractivity contribution is 0.101. The highest BCUT2D eigenvalue weighted by Crippen LogP contribution is 2.38. The monoisotopic (exact) mass is 435 g/mol. The van der Waals surface area contributed by atoms with Crippen LogP contribution in [0.5, 0.6) is 0 Å². The third kappa shape index (κ3) is 3.05. The molecule has 3 aromatic heterocycles. The minimum absolute atomic E-state index is 0.0757. The molecule has 1 aliphatic heterocycles. The first-order valence-corrected chi connectivity index (χ1v) is 10.1. The van der Waals surface area contributed by atoms with Crippen molar-refractivity contribution < 1.29 is 4.79 Å². The predicted molar refractivity (Wildman–Crippen MR) is 117 cm³/mol. The zero-order chi connectivity index (χ0) is 21.7. The Morgan fingerprint density at radius 3 is 2.68 bits per heavy atom. The van der Waals surface area contributed by atoms with E-state index in [4.69, 9.17) is 22.4 Å². The number of carbonyl (C=O) groups is 1. The second-order valence-electron chi connectivity index (χ2n) is 7.31. The van der Waals surface area contributed by atoms with Gasteiger partial charge in [0.15, 0.2) is 11.6 Å². The minimum atomic E-state index is -0.286. The molecule has 0 unspecified atom stereocenters. The molecule has 1 saturated heterocycles. The molecule has 5 rings (SSSR count). The smallest absolute Gasteiger partial charge is 0.284 e. The van der Waals surface area contributed by atoms with Crippen LogP contribution in [0, 0.1) is 0 Å². The van der Waals surface area contributed by atoms with Gasteiger partial charge in [0.2, 0.25) is 5.95 Å². The largest absolute Gasteiger partial charge is 0.368 e. The second kappa shape index (κ2) is 7.21. The van der Waals surface area contributed by atoms with Gasteiger partial charge in [-0.15, -0.1) is 0 Å². The zero-order valence-corrected chi connectivity index (χ0v) is 17.3. The Bertz CT molecular complexity index is 1380. The average Bonchev–Trinajstić information content (AvgIpc) is 3.09. The molecule has 156 valence electrons. The number of anilines is 2. The molecule has 9 nitrogen and oxygen atoms in total. The van der Waals surface area contributed by atoms with Crippen molar-refractivity contribution in [1.29, 1.82) is 0 Å². The summed E-state index contributed by atoms with van der Waals surface area (Å²) in [7, 11) is 0. The van der Waals surface area contributed by atoms with Crippen molar-refractivity contribution in [2.75, 3.05) is 17.2 Å². The number of aromatic nitrogens is 5. The fraction of sp³-hybridized carbons (Fsp3) is 0.190. The SMILES string of the molecule is CC(=O)c1cnc(N)nc1N1CC[C@H]1c1nn2ccc(Cl)c2c(=O)n1-c1ccccc1. The maximum absolute atomic E-state index is 13.4. The predicted octanol–water partition coefficient (Wildman–Crippen LogP) is 2.66. The quantitative estimate of drug-likeness (QED) is 0.490. The van der Waals surface area contributed by atoms with E-state index in [-0.39, 0.29) is 23.3 Å². The third-order valence-electron chi connectivity index (χ3n) is 5.43. The van der Waals surface area contributed by atoms with Crippen LogP contribution in [0.4, 0.5) is 11.8 Å². The van der Waals surface area contributed by atoms with Gasteiger partial charge in [0.25, 0.3) is 5.56 Å². The van der Waals surface area contributed by atoms with Crippen molar-refractivity contribution in [2.45, 2.75) is 19.4 Å². The van der Waals surface area contributed by atoms with Gasteiger partial charge in [0.1, 0.15) is 11.3 Å². The van der Waals surface area contributed by atoms with E-state index in [1.54, 1.807) is 16.8 Å². The molecule has 0 amide bonds.